The van der Waals surface area contributed by atoms with E-state index >= 15 is 0 Å². The largest absolute Gasteiger partial charge is 0.480 e. The van der Waals surface area contributed by atoms with Crippen LogP contribution in [0.5, 0.6) is 0 Å². The molecular formula is C21H21N3O6. The zero-order valence-electron chi connectivity index (χ0n) is 16.4. The number of nitro groups is 1. The van der Waals surface area contributed by atoms with Gasteiger partial charge in [-0.1, -0.05) is 44.2 Å². The number of carbonyl (C=O) groups excluding carboxylic acids is 2. The number of carbonyl (C=O) groups is 3. The number of nitrogens with one attached hydrogen (secondary N) is 2. The van der Waals surface area contributed by atoms with Crippen LogP contribution in [0, 0.1) is 16.0 Å². The molecule has 0 fully saturated rings. The molecule has 2 amide bonds. The summed E-state index contributed by atoms with van der Waals surface area (Å²) < 4.78 is 0. The van der Waals surface area contributed by atoms with Crippen molar-refractivity contribution in [2.75, 3.05) is 0 Å². The smallest absolute Gasteiger partial charge is 0.326 e. The van der Waals surface area contributed by atoms with E-state index in [4.69, 9.17) is 0 Å². The van der Waals surface area contributed by atoms with Gasteiger partial charge in [0.15, 0.2) is 0 Å². The maximum Gasteiger partial charge on any atom is 0.326 e. The predicted molar refractivity (Wildman–Crippen MR) is 109 cm³/mol. The van der Waals surface area contributed by atoms with Crippen LogP contribution in [0.2, 0.25) is 0 Å². The van der Waals surface area contributed by atoms with Crippen LogP contribution in [0.1, 0.15) is 29.8 Å². The average molecular weight is 411 g/mol. The fraction of sp³-hybridized carbons (Fsp3) is 0.190. The van der Waals surface area contributed by atoms with Crippen LogP contribution < -0.4 is 10.6 Å². The van der Waals surface area contributed by atoms with Crippen LogP contribution >= 0.6 is 0 Å². The van der Waals surface area contributed by atoms with E-state index in [0.29, 0.717) is 5.56 Å². The van der Waals surface area contributed by atoms with Crippen molar-refractivity contribution in [3.05, 3.63) is 81.5 Å². The Balaban J connectivity index is 2.40. The van der Waals surface area contributed by atoms with E-state index in [1.165, 1.54) is 30.3 Å². The highest BCUT2D eigenvalue weighted by molar-refractivity contribution is 6.06. The monoisotopic (exact) mass is 411 g/mol. The summed E-state index contributed by atoms with van der Waals surface area (Å²) in [4.78, 5) is 47.1. The number of carboxylic acids is 1. The summed E-state index contributed by atoms with van der Waals surface area (Å²) in [6, 6.07) is 12.4. The Morgan fingerprint density at radius 1 is 1.07 bits per heavy atom. The van der Waals surface area contributed by atoms with Crippen LogP contribution in [0.25, 0.3) is 6.08 Å². The summed E-state index contributed by atoms with van der Waals surface area (Å²) in [7, 11) is 0. The normalized spacial score (nSPS) is 12.2. The zero-order valence-corrected chi connectivity index (χ0v) is 16.4. The molecule has 0 saturated heterocycles. The van der Waals surface area contributed by atoms with Gasteiger partial charge in [-0.05, 0) is 29.7 Å². The molecule has 0 aliphatic rings. The number of amides is 2. The van der Waals surface area contributed by atoms with Gasteiger partial charge in [-0.2, -0.15) is 0 Å². The molecule has 0 aromatic heterocycles. The highest BCUT2D eigenvalue weighted by Gasteiger charge is 2.25. The third-order valence-electron chi connectivity index (χ3n) is 4.14. The maximum absolute atomic E-state index is 12.8. The van der Waals surface area contributed by atoms with Crippen molar-refractivity contribution in [1.29, 1.82) is 0 Å². The van der Waals surface area contributed by atoms with Gasteiger partial charge in [0.1, 0.15) is 11.7 Å². The average Bonchev–Trinajstić information content (AvgIpc) is 2.71. The molecule has 2 aromatic carbocycles. The summed E-state index contributed by atoms with van der Waals surface area (Å²) >= 11 is 0. The minimum Gasteiger partial charge on any atom is -0.480 e. The Bertz CT molecular complexity index is 985. The molecule has 156 valence electrons. The van der Waals surface area contributed by atoms with Gasteiger partial charge in [-0.25, -0.2) is 4.79 Å². The molecule has 30 heavy (non-hydrogen) atoms. The molecule has 1 atom stereocenters. The Hall–Kier alpha value is -4.01. The second kappa shape index (κ2) is 9.97. The van der Waals surface area contributed by atoms with E-state index in [0.717, 1.165) is 0 Å². The second-order valence-corrected chi connectivity index (χ2v) is 6.76. The van der Waals surface area contributed by atoms with Crippen molar-refractivity contribution in [2.45, 2.75) is 19.9 Å². The summed E-state index contributed by atoms with van der Waals surface area (Å²) in [6.45, 7) is 3.26. The van der Waals surface area contributed by atoms with Crippen molar-refractivity contribution < 1.29 is 24.4 Å². The van der Waals surface area contributed by atoms with Gasteiger partial charge in [-0.3, -0.25) is 19.7 Å². The molecular weight excluding hydrogens is 390 g/mol. The van der Waals surface area contributed by atoms with Gasteiger partial charge in [0.2, 0.25) is 0 Å². The fourth-order valence-electron chi connectivity index (χ4n) is 2.57. The first kappa shape index (κ1) is 22.3. The minimum atomic E-state index is -1.22. The quantitative estimate of drug-likeness (QED) is 0.347. The van der Waals surface area contributed by atoms with E-state index in [1.807, 2.05) is 0 Å². The SMILES string of the molecule is CC(C)C(NC(=O)C(=Cc1cccc([N+](=O)[O-])c1)NC(=O)c1ccccc1)C(=O)O. The number of hydrogen-bond donors (Lipinski definition) is 3. The number of nitrogens with zero attached hydrogens (tertiary/aromatic N) is 1. The van der Waals surface area contributed by atoms with Gasteiger partial charge in [-0.15, -0.1) is 0 Å². The van der Waals surface area contributed by atoms with Crippen molar-refractivity contribution in [2.24, 2.45) is 5.92 Å². The molecule has 0 aliphatic heterocycles. The van der Waals surface area contributed by atoms with Crippen LogP contribution in [0.3, 0.4) is 0 Å². The summed E-state index contributed by atoms with van der Waals surface area (Å²) in [5.41, 5.74) is 0.146. The first-order valence-electron chi connectivity index (χ1n) is 9.05. The van der Waals surface area contributed by atoms with Crippen LogP contribution in [0.4, 0.5) is 5.69 Å². The lowest BCUT2D eigenvalue weighted by Crippen LogP contribution is -2.47. The molecule has 0 bridgehead atoms. The summed E-state index contributed by atoms with van der Waals surface area (Å²) in [6.07, 6.45) is 1.25. The highest BCUT2D eigenvalue weighted by atomic mass is 16.6. The topological polar surface area (TPSA) is 139 Å². The molecule has 2 rings (SSSR count). The predicted octanol–water partition coefficient (Wildman–Crippen LogP) is 2.59. The van der Waals surface area contributed by atoms with E-state index in [9.17, 15) is 29.6 Å². The van der Waals surface area contributed by atoms with Crippen LogP contribution in [-0.4, -0.2) is 33.9 Å². The molecule has 0 heterocycles. The second-order valence-electron chi connectivity index (χ2n) is 6.76. The first-order chi connectivity index (χ1) is 14.2. The molecule has 2 aromatic rings. The third kappa shape index (κ3) is 5.99. The lowest BCUT2D eigenvalue weighted by atomic mass is 10.0. The number of aliphatic carboxylic acids is 1. The van der Waals surface area contributed by atoms with Crippen molar-refractivity contribution in [1.82, 2.24) is 10.6 Å². The van der Waals surface area contributed by atoms with E-state index in [1.54, 1.807) is 44.2 Å². The maximum atomic E-state index is 12.8. The van der Waals surface area contributed by atoms with E-state index in [2.05, 4.69) is 10.6 Å². The van der Waals surface area contributed by atoms with Crippen LogP contribution in [0.15, 0.2) is 60.3 Å². The first-order valence-corrected chi connectivity index (χ1v) is 9.05. The highest BCUT2D eigenvalue weighted by Crippen LogP contribution is 2.16. The van der Waals surface area contributed by atoms with Crippen LogP contribution in [-0.2, 0) is 9.59 Å². The van der Waals surface area contributed by atoms with E-state index in [-0.39, 0.29) is 16.9 Å². The standard InChI is InChI=1S/C21H21N3O6/c1-13(2)18(21(27)28)23-20(26)17(22-19(25)15-8-4-3-5-9-15)12-14-7-6-10-16(11-14)24(29)30/h3-13,18H,1-2H3,(H,22,25)(H,23,26)(H,27,28). The lowest BCUT2D eigenvalue weighted by molar-refractivity contribution is -0.384. The molecule has 0 aliphatic carbocycles. The molecule has 3 N–H and O–H groups in total. The number of non-ortho nitro benzene ring substituents is 1. The molecule has 1 unspecified atom stereocenters. The molecule has 9 heteroatoms. The van der Waals surface area contributed by atoms with Crippen molar-refractivity contribution in [3.8, 4) is 0 Å². The molecule has 0 saturated carbocycles. The van der Waals surface area contributed by atoms with Gasteiger partial charge in [0, 0.05) is 17.7 Å². The minimum absolute atomic E-state index is 0.191. The van der Waals surface area contributed by atoms with E-state index < -0.39 is 34.7 Å². The molecule has 0 spiro atoms. The third-order valence-corrected chi connectivity index (χ3v) is 4.14. The Labute approximate surface area is 172 Å². The van der Waals surface area contributed by atoms with Gasteiger partial charge >= 0.3 is 5.97 Å². The molecule has 0 radical (unpaired) electrons. The number of nitro benzene ring substituents is 1. The van der Waals surface area contributed by atoms with Gasteiger partial charge in [0.25, 0.3) is 17.5 Å². The lowest BCUT2D eigenvalue weighted by Gasteiger charge is -2.19. The van der Waals surface area contributed by atoms with Crippen molar-refractivity contribution >= 4 is 29.5 Å². The fourth-order valence-corrected chi connectivity index (χ4v) is 2.57. The van der Waals surface area contributed by atoms with Gasteiger partial charge < -0.3 is 15.7 Å². The van der Waals surface area contributed by atoms with Crippen molar-refractivity contribution in [3.63, 3.8) is 0 Å². The summed E-state index contributed by atoms with van der Waals surface area (Å²) in [5, 5.41) is 25.2. The molecule has 9 nitrogen and oxygen atoms in total. The van der Waals surface area contributed by atoms with Gasteiger partial charge in [0.05, 0.1) is 4.92 Å². The zero-order chi connectivity index (χ0) is 22.3. The Morgan fingerprint density at radius 3 is 2.30 bits per heavy atom. The number of rotatable bonds is 8. The Morgan fingerprint density at radius 2 is 1.73 bits per heavy atom. The number of benzene rings is 2. The number of carboxylic acid groups (broad SMARTS) is 1. The Kier molecular flexibility index (Phi) is 7.40. The summed E-state index contributed by atoms with van der Waals surface area (Å²) in [5.74, 6) is -3.04. The number of hydrogen-bond acceptors (Lipinski definition) is 5.